The Hall–Kier alpha value is -1.15. The number of rotatable bonds is 3. The molecule has 1 rings (SSSR count). The number of carbonyl (C=O) groups excluding carboxylic acids is 1. The first kappa shape index (κ1) is 12.9. The van der Waals surface area contributed by atoms with Crippen LogP contribution in [-0.4, -0.2) is 15.1 Å². The SMILES string of the molecule is O=C(Cl)c1nc([N+](=O)[O-])c(Br)cc1C(F)F. The van der Waals surface area contributed by atoms with Gasteiger partial charge in [0.1, 0.15) is 4.47 Å². The summed E-state index contributed by atoms with van der Waals surface area (Å²) in [7, 11) is 0. The third-order valence-electron chi connectivity index (χ3n) is 1.58. The van der Waals surface area contributed by atoms with Crippen LogP contribution < -0.4 is 0 Å². The molecule has 0 aliphatic heterocycles. The summed E-state index contributed by atoms with van der Waals surface area (Å²) in [5.41, 5.74) is -1.57. The van der Waals surface area contributed by atoms with E-state index in [1.807, 2.05) is 0 Å². The smallest absolute Gasteiger partial charge is 0.358 e. The molecule has 5 nitrogen and oxygen atoms in total. The molecule has 0 aliphatic carbocycles. The van der Waals surface area contributed by atoms with Gasteiger partial charge in [-0.3, -0.25) is 4.79 Å². The number of hydrogen-bond acceptors (Lipinski definition) is 4. The predicted molar refractivity (Wildman–Crippen MR) is 53.7 cm³/mol. The number of nitro groups is 1. The van der Waals surface area contributed by atoms with Crippen molar-refractivity contribution in [1.29, 1.82) is 0 Å². The van der Waals surface area contributed by atoms with Gasteiger partial charge in [0.2, 0.25) is 5.69 Å². The Kier molecular flexibility index (Phi) is 3.87. The Balaban J connectivity index is 3.49. The molecule has 0 amide bonds. The van der Waals surface area contributed by atoms with Gasteiger partial charge in [0, 0.05) is 0 Å². The van der Waals surface area contributed by atoms with Gasteiger partial charge >= 0.3 is 5.82 Å². The third-order valence-corrected chi connectivity index (χ3v) is 2.34. The first-order valence-electron chi connectivity index (χ1n) is 3.67. The fourth-order valence-corrected chi connectivity index (χ4v) is 1.58. The monoisotopic (exact) mass is 314 g/mol. The van der Waals surface area contributed by atoms with Gasteiger partial charge in [0.25, 0.3) is 11.7 Å². The van der Waals surface area contributed by atoms with Gasteiger partial charge in [-0.25, -0.2) is 8.78 Å². The first-order chi connectivity index (χ1) is 7.34. The number of aromatic nitrogens is 1. The molecule has 1 aromatic rings. The predicted octanol–water partition coefficient (Wildman–Crippen LogP) is 3.07. The van der Waals surface area contributed by atoms with E-state index in [2.05, 4.69) is 20.9 Å². The van der Waals surface area contributed by atoms with Crippen molar-refractivity contribution in [1.82, 2.24) is 4.98 Å². The largest absolute Gasteiger partial charge is 0.378 e. The topological polar surface area (TPSA) is 73.1 Å². The Morgan fingerprint density at radius 1 is 1.62 bits per heavy atom. The van der Waals surface area contributed by atoms with E-state index in [1.54, 1.807) is 0 Å². The minimum Gasteiger partial charge on any atom is -0.358 e. The Bertz CT molecular complexity index is 469. The van der Waals surface area contributed by atoms with Gasteiger partial charge in [0.15, 0.2) is 0 Å². The lowest BCUT2D eigenvalue weighted by Crippen LogP contribution is -2.05. The molecule has 0 radical (unpaired) electrons. The summed E-state index contributed by atoms with van der Waals surface area (Å²) in [6, 6.07) is 0.755. The minimum atomic E-state index is -3.00. The highest BCUT2D eigenvalue weighted by molar-refractivity contribution is 9.10. The summed E-state index contributed by atoms with van der Waals surface area (Å²) < 4.78 is 24.7. The molecule has 0 atom stereocenters. The van der Waals surface area contributed by atoms with Crippen LogP contribution in [0.3, 0.4) is 0 Å². The Labute approximate surface area is 101 Å². The second-order valence-electron chi connectivity index (χ2n) is 2.56. The van der Waals surface area contributed by atoms with Crippen LogP contribution in [0.25, 0.3) is 0 Å². The second kappa shape index (κ2) is 4.79. The van der Waals surface area contributed by atoms with E-state index in [0.717, 1.165) is 6.07 Å². The molecule has 0 saturated heterocycles. The molecule has 0 fully saturated rings. The average molecular weight is 315 g/mol. The van der Waals surface area contributed by atoms with Crippen LogP contribution in [0.4, 0.5) is 14.6 Å². The molecule has 0 N–H and O–H groups in total. The molecule has 0 bridgehead atoms. The highest BCUT2D eigenvalue weighted by Crippen LogP contribution is 2.31. The highest BCUT2D eigenvalue weighted by Gasteiger charge is 2.28. The van der Waals surface area contributed by atoms with Crippen molar-refractivity contribution in [3.8, 4) is 0 Å². The highest BCUT2D eigenvalue weighted by atomic mass is 79.9. The van der Waals surface area contributed by atoms with Crippen LogP contribution in [0, 0.1) is 10.1 Å². The summed E-state index contributed by atoms with van der Waals surface area (Å²) in [4.78, 5) is 23.5. The first-order valence-corrected chi connectivity index (χ1v) is 4.84. The minimum absolute atomic E-state index is 0.241. The fourth-order valence-electron chi connectivity index (χ4n) is 0.945. The quantitative estimate of drug-likeness (QED) is 0.488. The second-order valence-corrected chi connectivity index (χ2v) is 3.76. The van der Waals surface area contributed by atoms with Gasteiger partial charge in [-0.2, -0.15) is 0 Å². The summed E-state index contributed by atoms with van der Waals surface area (Å²) in [6.07, 6.45) is -3.00. The summed E-state index contributed by atoms with van der Waals surface area (Å²) >= 11 is 7.72. The van der Waals surface area contributed by atoms with Gasteiger partial charge in [-0.15, -0.1) is 0 Å². The van der Waals surface area contributed by atoms with Crippen LogP contribution in [0.15, 0.2) is 10.5 Å². The maximum atomic E-state index is 12.5. The van der Waals surface area contributed by atoms with E-state index in [9.17, 15) is 23.7 Å². The average Bonchev–Trinajstić information content (AvgIpc) is 2.15. The van der Waals surface area contributed by atoms with E-state index in [0.29, 0.717) is 0 Å². The number of nitrogens with zero attached hydrogens (tertiary/aromatic N) is 2. The number of hydrogen-bond donors (Lipinski definition) is 0. The van der Waals surface area contributed by atoms with Crippen LogP contribution in [0.1, 0.15) is 22.5 Å². The van der Waals surface area contributed by atoms with Crippen molar-refractivity contribution in [2.75, 3.05) is 0 Å². The Morgan fingerprint density at radius 2 is 2.19 bits per heavy atom. The molecule has 0 spiro atoms. The van der Waals surface area contributed by atoms with Crippen LogP contribution in [-0.2, 0) is 0 Å². The van der Waals surface area contributed by atoms with Crippen LogP contribution >= 0.6 is 27.5 Å². The number of carbonyl (C=O) groups is 1. The van der Waals surface area contributed by atoms with Gasteiger partial charge in [0.05, 0.1) is 5.56 Å². The standard InChI is InChI=1S/C7H2BrClF2N2O3/c8-3-1-2(6(10)11)4(5(9)14)12-7(3)13(15)16/h1,6H. The van der Waals surface area contributed by atoms with Crippen molar-refractivity contribution < 1.29 is 18.5 Å². The van der Waals surface area contributed by atoms with Crippen molar-refractivity contribution in [2.24, 2.45) is 0 Å². The van der Waals surface area contributed by atoms with Crippen molar-refractivity contribution in [3.05, 3.63) is 31.9 Å². The lowest BCUT2D eigenvalue weighted by atomic mass is 10.2. The van der Waals surface area contributed by atoms with Gasteiger partial charge in [-0.05, 0) is 43.5 Å². The number of pyridine rings is 1. The molecular formula is C7H2BrClF2N2O3. The molecule has 0 saturated carbocycles. The zero-order valence-electron chi connectivity index (χ0n) is 7.29. The molecular weight excluding hydrogens is 313 g/mol. The number of halogens is 4. The third kappa shape index (κ3) is 2.50. The molecule has 86 valence electrons. The van der Waals surface area contributed by atoms with Gasteiger partial charge < -0.3 is 10.1 Å². The van der Waals surface area contributed by atoms with E-state index < -0.39 is 33.7 Å². The lowest BCUT2D eigenvalue weighted by molar-refractivity contribution is -0.390. The van der Waals surface area contributed by atoms with E-state index in [-0.39, 0.29) is 4.47 Å². The Morgan fingerprint density at radius 3 is 2.56 bits per heavy atom. The van der Waals surface area contributed by atoms with Crippen molar-refractivity contribution in [3.63, 3.8) is 0 Å². The molecule has 0 aliphatic rings. The zero-order valence-corrected chi connectivity index (χ0v) is 9.63. The van der Waals surface area contributed by atoms with Crippen LogP contribution in [0.5, 0.6) is 0 Å². The van der Waals surface area contributed by atoms with E-state index in [4.69, 9.17) is 11.6 Å². The summed E-state index contributed by atoms with van der Waals surface area (Å²) in [5, 5.41) is 9.18. The lowest BCUT2D eigenvalue weighted by Gasteiger charge is -2.02. The molecule has 1 aromatic heterocycles. The molecule has 0 aromatic carbocycles. The zero-order chi connectivity index (χ0) is 12.5. The normalized spacial score (nSPS) is 10.6. The maximum Gasteiger partial charge on any atom is 0.378 e. The summed E-state index contributed by atoms with van der Waals surface area (Å²) in [6.45, 7) is 0. The van der Waals surface area contributed by atoms with E-state index in [1.165, 1.54) is 0 Å². The van der Waals surface area contributed by atoms with Crippen LogP contribution in [0.2, 0.25) is 0 Å². The van der Waals surface area contributed by atoms with Crippen molar-refractivity contribution in [2.45, 2.75) is 6.43 Å². The molecule has 0 unspecified atom stereocenters. The van der Waals surface area contributed by atoms with Crippen molar-refractivity contribution >= 4 is 38.6 Å². The molecule has 1 heterocycles. The molecule has 9 heteroatoms. The van der Waals surface area contributed by atoms with E-state index >= 15 is 0 Å². The fraction of sp³-hybridized carbons (Fsp3) is 0.143. The number of alkyl halides is 2. The van der Waals surface area contributed by atoms with Gasteiger partial charge in [-0.1, -0.05) is 0 Å². The molecule has 16 heavy (non-hydrogen) atoms. The maximum absolute atomic E-state index is 12.5. The summed E-state index contributed by atoms with van der Waals surface area (Å²) in [5.74, 6) is -0.742.